The molecule has 0 aliphatic heterocycles. The van der Waals surface area contributed by atoms with E-state index >= 15 is 0 Å². The molecule has 0 spiro atoms. The Bertz CT molecular complexity index is 819. The Kier molecular flexibility index (Phi) is 3.15. The van der Waals surface area contributed by atoms with Gasteiger partial charge in [0.15, 0.2) is 9.84 Å². The number of nitrogens with zero attached hydrogens (tertiary/aromatic N) is 3. The minimum Gasteiger partial charge on any atom is -0.300 e. The summed E-state index contributed by atoms with van der Waals surface area (Å²) < 4.78 is 28.9. The van der Waals surface area contributed by atoms with Gasteiger partial charge in [-0.15, -0.1) is 0 Å². The average Bonchev–Trinajstić information content (AvgIpc) is 3.08. The van der Waals surface area contributed by atoms with Crippen LogP contribution < -0.4 is 0 Å². The van der Waals surface area contributed by atoms with E-state index in [9.17, 15) is 8.42 Å². The largest absolute Gasteiger partial charge is 0.300 e. The van der Waals surface area contributed by atoms with E-state index in [0.717, 1.165) is 17.1 Å². The lowest BCUT2D eigenvalue weighted by Crippen LogP contribution is -1.99. The molecule has 0 unspecified atom stereocenters. The fraction of sp³-hybridized carbons (Fsp3) is 0.0769. The van der Waals surface area contributed by atoms with Crippen LogP contribution in [0.2, 0.25) is 0 Å². The van der Waals surface area contributed by atoms with Gasteiger partial charge >= 0.3 is 0 Å². The Morgan fingerprint density at radius 2 is 1.95 bits per heavy atom. The molecule has 0 saturated carbocycles. The fourth-order valence-electron chi connectivity index (χ4n) is 1.89. The van der Waals surface area contributed by atoms with Crippen LogP contribution in [0, 0.1) is 0 Å². The van der Waals surface area contributed by atoms with Crippen LogP contribution >= 0.6 is 11.5 Å². The number of hydrogen-bond donors (Lipinski definition) is 0. The van der Waals surface area contributed by atoms with E-state index in [1.54, 1.807) is 36.7 Å². The molecule has 3 rings (SSSR count). The Morgan fingerprint density at radius 1 is 1.20 bits per heavy atom. The molecule has 0 saturated heterocycles. The van der Waals surface area contributed by atoms with E-state index in [1.807, 2.05) is 16.1 Å². The number of rotatable bonds is 3. The smallest absolute Gasteiger partial charge is 0.175 e. The maximum Gasteiger partial charge on any atom is 0.175 e. The van der Waals surface area contributed by atoms with Gasteiger partial charge in [0.1, 0.15) is 5.82 Å². The zero-order valence-electron chi connectivity index (χ0n) is 10.6. The molecular formula is C13H11N3O2S2. The molecule has 3 aromatic rings. The lowest BCUT2D eigenvalue weighted by molar-refractivity contribution is 0.602. The van der Waals surface area contributed by atoms with Crippen molar-refractivity contribution in [2.75, 3.05) is 6.26 Å². The summed E-state index contributed by atoms with van der Waals surface area (Å²) in [5, 5.41) is 1.92. The fourth-order valence-corrected chi connectivity index (χ4v) is 3.04. The minimum absolute atomic E-state index is 0.306. The molecule has 7 heteroatoms. The van der Waals surface area contributed by atoms with Gasteiger partial charge in [-0.25, -0.2) is 17.8 Å². The molecule has 0 radical (unpaired) electrons. The molecule has 0 aliphatic carbocycles. The van der Waals surface area contributed by atoms with E-state index < -0.39 is 9.84 Å². The van der Waals surface area contributed by atoms with Crippen LogP contribution in [0.25, 0.3) is 17.1 Å². The maximum atomic E-state index is 11.5. The van der Waals surface area contributed by atoms with Crippen LogP contribution in [0.3, 0.4) is 0 Å². The van der Waals surface area contributed by atoms with Gasteiger partial charge in [-0.1, -0.05) is 0 Å². The Hall–Kier alpha value is -1.99. The van der Waals surface area contributed by atoms with E-state index in [1.165, 1.54) is 17.8 Å². The van der Waals surface area contributed by atoms with Gasteiger partial charge in [0, 0.05) is 35.3 Å². The van der Waals surface area contributed by atoms with Gasteiger partial charge < -0.3 is 0 Å². The lowest BCUT2D eigenvalue weighted by atomic mass is 10.3. The first kappa shape index (κ1) is 13.0. The van der Waals surface area contributed by atoms with Crippen molar-refractivity contribution in [2.45, 2.75) is 4.90 Å². The lowest BCUT2D eigenvalue weighted by Gasteiger charge is -2.07. The van der Waals surface area contributed by atoms with E-state index in [0.29, 0.717) is 4.90 Å². The van der Waals surface area contributed by atoms with Crippen molar-refractivity contribution in [2.24, 2.45) is 0 Å². The van der Waals surface area contributed by atoms with Gasteiger partial charge in [0.2, 0.25) is 0 Å². The van der Waals surface area contributed by atoms with E-state index in [2.05, 4.69) is 9.36 Å². The summed E-state index contributed by atoms with van der Waals surface area (Å²) in [6.07, 6.45) is 6.50. The van der Waals surface area contributed by atoms with Crippen LogP contribution in [-0.2, 0) is 9.84 Å². The summed E-state index contributed by atoms with van der Waals surface area (Å²) in [5.41, 5.74) is 1.79. The zero-order chi connectivity index (χ0) is 14.2. The molecule has 0 amide bonds. The van der Waals surface area contributed by atoms with Crippen molar-refractivity contribution in [1.29, 1.82) is 0 Å². The summed E-state index contributed by atoms with van der Waals surface area (Å²) >= 11 is 1.36. The van der Waals surface area contributed by atoms with Crippen molar-refractivity contribution < 1.29 is 8.42 Å². The van der Waals surface area contributed by atoms with Gasteiger partial charge in [-0.05, 0) is 35.8 Å². The third kappa shape index (κ3) is 2.37. The first-order valence-electron chi connectivity index (χ1n) is 5.79. The second-order valence-electron chi connectivity index (χ2n) is 4.30. The Morgan fingerprint density at radius 3 is 2.55 bits per heavy atom. The van der Waals surface area contributed by atoms with Crippen molar-refractivity contribution in [3.8, 4) is 17.1 Å². The van der Waals surface area contributed by atoms with Crippen molar-refractivity contribution in [3.63, 3.8) is 0 Å². The molecule has 0 atom stereocenters. The topological polar surface area (TPSA) is 64.8 Å². The zero-order valence-corrected chi connectivity index (χ0v) is 12.2. The van der Waals surface area contributed by atoms with Crippen LogP contribution in [0.5, 0.6) is 0 Å². The molecule has 0 N–H and O–H groups in total. The first-order chi connectivity index (χ1) is 9.55. The average molecular weight is 305 g/mol. The van der Waals surface area contributed by atoms with E-state index in [4.69, 9.17) is 0 Å². The van der Waals surface area contributed by atoms with Gasteiger partial charge in [0.05, 0.1) is 11.1 Å². The van der Waals surface area contributed by atoms with Crippen molar-refractivity contribution in [3.05, 3.63) is 48.2 Å². The molecule has 2 heterocycles. The first-order valence-corrected chi connectivity index (χ1v) is 8.52. The standard InChI is InChI=1S/C13H11N3O2S2/c1-20(17,18)12-4-2-11(3-5-12)16-7-6-14-13(16)10-8-15-19-9-10/h2-9H,1H3. The molecule has 0 aliphatic rings. The van der Waals surface area contributed by atoms with Crippen LogP contribution in [-0.4, -0.2) is 28.6 Å². The highest BCUT2D eigenvalue weighted by Gasteiger charge is 2.10. The normalized spacial score (nSPS) is 11.7. The molecule has 20 heavy (non-hydrogen) atoms. The van der Waals surface area contributed by atoms with Crippen LogP contribution in [0.4, 0.5) is 0 Å². The molecule has 102 valence electrons. The second-order valence-corrected chi connectivity index (χ2v) is 6.97. The number of benzene rings is 1. The van der Waals surface area contributed by atoms with Crippen LogP contribution in [0.15, 0.2) is 53.1 Å². The minimum atomic E-state index is -3.17. The van der Waals surface area contributed by atoms with E-state index in [-0.39, 0.29) is 0 Å². The Balaban J connectivity index is 2.05. The third-order valence-corrected chi connectivity index (χ3v) is 4.59. The third-order valence-electron chi connectivity index (χ3n) is 2.87. The highest BCUT2D eigenvalue weighted by Crippen LogP contribution is 2.23. The maximum absolute atomic E-state index is 11.5. The number of hydrogen-bond acceptors (Lipinski definition) is 5. The molecule has 1 aromatic carbocycles. The van der Waals surface area contributed by atoms with Crippen LogP contribution in [0.1, 0.15) is 0 Å². The van der Waals surface area contributed by atoms with Crippen molar-refractivity contribution in [1.82, 2.24) is 13.9 Å². The monoisotopic (exact) mass is 305 g/mol. The summed E-state index contributed by atoms with van der Waals surface area (Å²) in [4.78, 5) is 4.62. The highest BCUT2D eigenvalue weighted by atomic mass is 32.2. The quantitative estimate of drug-likeness (QED) is 0.745. The predicted octanol–water partition coefficient (Wildman–Crippen LogP) is 2.40. The summed E-state index contributed by atoms with van der Waals surface area (Å²) in [6.45, 7) is 0. The van der Waals surface area contributed by atoms with Gasteiger partial charge in [-0.2, -0.15) is 0 Å². The number of sulfone groups is 1. The summed E-state index contributed by atoms with van der Waals surface area (Å²) in [5.74, 6) is 0.783. The summed E-state index contributed by atoms with van der Waals surface area (Å²) in [6, 6.07) is 6.73. The molecule has 2 aromatic heterocycles. The molecule has 0 bridgehead atoms. The SMILES string of the molecule is CS(=O)(=O)c1ccc(-n2ccnc2-c2cnsc2)cc1. The van der Waals surface area contributed by atoms with Crippen molar-refractivity contribution >= 4 is 21.4 Å². The summed E-state index contributed by atoms with van der Waals surface area (Å²) in [7, 11) is -3.17. The van der Waals surface area contributed by atoms with Gasteiger partial charge in [-0.3, -0.25) is 4.57 Å². The molecule has 0 fully saturated rings. The number of aromatic nitrogens is 3. The molecule has 5 nitrogen and oxygen atoms in total. The highest BCUT2D eigenvalue weighted by molar-refractivity contribution is 7.90. The van der Waals surface area contributed by atoms with Gasteiger partial charge in [0.25, 0.3) is 0 Å². The number of imidazole rings is 1. The Labute approximate surface area is 120 Å². The second kappa shape index (κ2) is 4.84. The predicted molar refractivity (Wildman–Crippen MR) is 77.8 cm³/mol. The molecular weight excluding hydrogens is 294 g/mol.